The molecule has 0 aromatic carbocycles. The fourth-order valence-electron chi connectivity index (χ4n) is 3.10. The van der Waals surface area contributed by atoms with Crippen LogP contribution in [0.2, 0.25) is 0 Å². The van der Waals surface area contributed by atoms with Gasteiger partial charge in [0.2, 0.25) is 5.88 Å². The van der Waals surface area contributed by atoms with Crippen molar-refractivity contribution in [1.29, 1.82) is 0 Å². The van der Waals surface area contributed by atoms with E-state index in [-0.39, 0.29) is 24.8 Å². The number of aromatic nitrogens is 1. The normalized spacial score (nSPS) is 18.6. The van der Waals surface area contributed by atoms with Gasteiger partial charge in [-0.2, -0.15) is 0 Å². The number of hydrogen-bond acceptors (Lipinski definition) is 5. The molecule has 0 atom stereocenters. The van der Waals surface area contributed by atoms with Crippen molar-refractivity contribution >= 4 is 11.8 Å². The number of hydrogen-bond donors (Lipinski definition) is 2. The molecule has 2 heterocycles. The molecule has 7 nitrogen and oxygen atoms in total. The van der Waals surface area contributed by atoms with E-state index in [1.54, 1.807) is 12.3 Å². The molecule has 1 saturated carbocycles. The number of likely N-dealkylation sites (N-methyl/N-ethyl adjacent to an activating group) is 1. The molecule has 0 saturated heterocycles. The van der Waals surface area contributed by atoms with E-state index in [9.17, 15) is 14.7 Å². The summed E-state index contributed by atoms with van der Waals surface area (Å²) < 4.78 is 5.87. The zero-order chi connectivity index (χ0) is 17.8. The molecule has 134 valence electrons. The van der Waals surface area contributed by atoms with Crippen LogP contribution in [0, 0.1) is 0 Å². The number of carbonyl (C=O) groups is 2. The fraction of sp³-hybridized carbons (Fsp3) is 0.500. The summed E-state index contributed by atoms with van der Waals surface area (Å²) in [6, 6.07) is 3.66. The number of rotatable bonds is 5. The summed E-state index contributed by atoms with van der Waals surface area (Å²) in [6.45, 7) is 0.382. The summed E-state index contributed by atoms with van der Waals surface area (Å²) in [5, 5.41) is 12.4. The van der Waals surface area contributed by atoms with Crippen molar-refractivity contribution in [3.05, 3.63) is 35.2 Å². The van der Waals surface area contributed by atoms with E-state index in [1.165, 1.54) is 31.2 Å². The minimum atomic E-state index is -0.531. The van der Waals surface area contributed by atoms with Crippen molar-refractivity contribution in [3.8, 4) is 5.88 Å². The van der Waals surface area contributed by atoms with Gasteiger partial charge in [-0.3, -0.25) is 9.59 Å². The minimum Gasteiger partial charge on any atom is -0.503 e. The van der Waals surface area contributed by atoms with Crippen molar-refractivity contribution in [2.24, 2.45) is 0 Å². The minimum absolute atomic E-state index is 0.0951. The maximum atomic E-state index is 12.1. The molecule has 25 heavy (non-hydrogen) atoms. The SMILES string of the molecule is CN1CC(C(=O)NCc2ccc(OC3CCCCC3)nc2)=C(O)C1=O. The molecular formula is C18H23N3O4. The zero-order valence-corrected chi connectivity index (χ0v) is 14.3. The first kappa shape index (κ1) is 17.3. The lowest BCUT2D eigenvalue weighted by atomic mass is 9.98. The Morgan fingerprint density at radius 1 is 1.36 bits per heavy atom. The van der Waals surface area contributed by atoms with Gasteiger partial charge in [0, 0.05) is 25.9 Å². The molecule has 1 fully saturated rings. The molecular weight excluding hydrogens is 322 g/mol. The lowest BCUT2D eigenvalue weighted by molar-refractivity contribution is -0.126. The summed E-state index contributed by atoms with van der Waals surface area (Å²) in [5.74, 6) is -0.853. The van der Waals surface area contributed by atoms with Crippen LogP contribution >= 0.6 is 0 Å². The Bertz CT molecular complexity index is 678. The average molecular weight is 345 g/mol. The van der Waals surface area contributed by atoms with E-state index < -0.39 is 17.6 Å². The van der Waals surface area contributed by atoms with Crippen molar-refractivity contribution in [2.75, 3.05) is 13.6 Å². The maximum Gasteiger partial charge on any atom is 0.289 e. The Hall–Kier alpha value is -2.57. The third kappa shape index (κ3) is 4.10. The Balaban J connectivity index is 1.52. The fourth-order valence-corrected chi connectivity index (χ4v) is 3.10. The first-order valence-electron chi connectivity index (χ1n) is 8.62. The second kappa shape index (κ2) is 7.55. The molecule has 1 aliphatic heterocycles. The molecule has 2 amide bonds. The molecule has 1 aromatic heterocycles. The number of aliphatic hydroxyl groups excluding tert-OH is 1. The van der Waals surface area contributed by atoms with Gasteiger partial charge in [0.1, 0.15) is 6.10 Å². The zero-order valence-electron chi connectivity index (χ0n) is 14.3. The van der Waals surface area contributed by atoms with Gasteiger partial charge in [0.05, 0.1) is 12.1 Å². The highest BCUT2D eigenvalue weighted by molar-refractivity contribution is 6.06. The van der Waals surface area contributed by atoms with Crippen LogP contribution in [0.15, 0.2) is 29.7 Å². The van der Waals surface area contributed by atoms with E-state index in [0.717, 1.165) is 18.4 Å². The van der Waals surface area contributed by atoms with Gasteiger partial charge >= 0.3 is 0 Å². The van der Waals surface area contributed by atoms with Crippen molar-refractivity contribution in [1.82, 2.24) is 15.2 Å². The van der Waals surface area contributed by atoms with Crippen LogP contribution in [0.5, 0.6) is 5.88 Å². The number of ether oxygens (including phenoxy) is 1. The van der Waals surface area contributed by atoms with Crippen molar-refractivity contribution in [3.63, 3.8) is 0 Å². The molecule has 7 heteroatoms. The van der Waals surface area contributed by atoms with Crippen LogP contribution in [0.25, 0.3) is 0 Å². The van der Waals surface area contributed by atoms with Gasteiger partial charge in [-0.25, -0.2) is 4.98 Å². The van der Waals surface area contributed by atoms with Crippen LogP contribution in [0.4, 0.5) is 0 Å². The third-order valence-electron chi connectivity index (χ3n) is 4.59. The van der Waals surface area contributed by atoms with Crippen LogP contribution in [0.3, 0.4) is 0 Å². The van der Waals surface area contributed by atoms with Crippen LogP contribution < -0.4 is 10.1 Å². The van der Waals surface area contributed by atoms with Crippen LogP contribution in [-0.4, -0.2) is 46.5 Å². The number of carbonyl (C=O) groups excluding carboxylic acids is 2. The Kier molecular flexibility index (Phi) is 5.21. The Morgan fingerprint density at radius 2 is 2.12 bits per heavy atom. The summed E-state index contributed by atoms with van der Waals surface area (Å²) in [4.78, 5) is 29.2. The monoisotopic (exact) mass is 345 g/mol. The predicted octanol–water partition coefficient (Wildman–Crippen LogP) is 1.69. The number of nitrogens with zero attached hydrogens (tertiary/aromatic N) is 2. The van der Waals surface area contributed by atoms with Crippen LogP contribution in [-0.2, 0) is 16.1 Å². The van der Waals surface area contributed by atoms with Gasteiger partial charge in [-0.15, -0.1) is 0 Å². The first-order chi connectivity index (χ1) is 12.0. The molecule has 1 aromatic rings. The molecule has 0 spiro atoms. The second-order valence-corrected chi connectivity index (χ2v) is 6.55. The van der Waals surface area contributed by atoms with Gasteiger partial charge in [0.25, 0.3) is 11.8 Å². The average Bonchev–Trinajstić information content (AvgIpc) is 2.89. The molecule has 0 bridgehead atoms. The first-order valence-corrected chi connectivity index (χ1v) is 8.62. The Morgan fingerprint density at radius 3 is 2.72 bits per heavy atom. The number of nitrogens with one attached hydrogen (secondary N) is 1. The predicted molar refractivity (Wildman–Crippen MR) is 90.9 cm³/mol. The van der Waals surface area contributed by atoms with Gasteiger partial charge in [-0.05, 0) is 31.2 Å². The molecule has 1 aliphatic carbocycles. The van der Waals surface area contributed by atoms with E-state index in [0.29, 0.717) is 5.88 Å². The smallest absolute Gasteiger partial charge is 0.289 e. The highest BCUT2D eigenvalue weighted by Gasteiger charge is 2.31. The standard InChI is InChI=1S/C18H23N3O4/c1-21-11-14(16(22)18(21)24)17(23)20-10-12-7-8-15(19-9-12)25-13-5-3-2-4-6-13/h7-9,13,22H,2-6,10-11H2,1H3,(H,20,23). The molecule has 3 rings (SSSR count). The number of pyridine rings is 1. The molecule has 2 aliphatic rings. The summed E-state index contributed by atoms with van der Waals surface area (Å²) in [6.07, 6.45) is 7.75. The highest BCUT2D eigenvalue weighted by Crippen LogP contribution is 2.22. The van der Waals surface area contributed by atoms with Gasteiger partial charge < -0.3 is 20.1 Å². The van der Waals surface area contributed by atoms with E-state index in [4.69, 9.17) is 4.74 Å². The van der Waals surface area contributed by atoms with Gasteiger partial charge in [-0.1, -0.05) is 12.5 Å². The Labute approximate surface area is 146 Å². The molecule has 2 N–H and O–H groups in total. The quantitative estimate of drug-likeness (QED) is 0.847. The van der Waals surface area contributed by atoms with Crippen molar-refractivity contribution < 1.29 is 19.4 Å². The lowest BCUT2D eigenvalue weighted by Gasteiger charge is -2.22. The van der Waals surface area contributed by atoms with Crippen molar-refractivity contribution in [2.45, 2.75) is 44.8 Å². The summed E-state index contributed by atoms with van der Waals surface area (Å²) in [5.41, 5.74) is 0.917. The molecule has 0 radical (unpaired) electrons. The largest absolute Gasteiger partial charge is 0.503 e. The second-order valence-electron chi connectivity index (χ2n) is 6.55. The van der Waals surface area contributed by atoms with E-state index in [2.05, 4.69) is 10.3 Å². The highest BCUT2D eigenvalue weighted by atomic mass is 16.5. The maximum absolute atomic E-state index is 12.1. The van der Waals surface area contributed by atoms with Gasteiger partial charge in [0.15, 0.2) is 5.76 Å². The van der Waals surface area contributed by atoms with E-state index >= 15 is 0 Å². The van der Waals surface area contributed by atoms with E-state index in [1.807, 2.05) is 6.07 Å². The topological polar surface area (TPSA) is 91.8 Å². The van der Waals surface area contributed by atoms with Crippen LogP contribution in [0.1, 0.15) is 37.7 Å². The number of aliphatic hydroxyl groups is 1. The summed E-state index contributed by atoms with van der Waals surface area (Å²) >= 11 is 0. The third-order valence-corrected chi connectivity index (χ3v) is 4.59. The lowest BCUT2D eigenvalue weighted by Crippen LogP contribution is -2.27. The summed E-state index contributed by atoms with van der Waals surface area (Å²) in [7, 11) is 1.54. The number of amides is 2. The molecule has 0 unspecified atom stereocenters.